The minimum absolute atomic E-state index is 0.716. The molecule has 2 fully saturated rings. The number of nitrogens with one attached hydrogen (secondary N) is 1. The molecule has 1 N–H and O–H groups in total. The molecule has 3 nitrogen and oxygen atoms in total. The molecule has 0 radical (unpaired) electrons. The van der Waals surface area contributed by atoms with Crippen molar-refractivity contribution in [2.45, 2.75) is 77.9 Å². The number of piperazine rings is 1. The van der Waals surface area contributed by atoms with Gasteiger partial charge in [0.15, 0.2) is 0 Å². The van der Waals surface area contributed by atoms with Gasteiger partial charge in [-0.15, -0.1) is 0 Å². The summed E-state index contributed by atoms with van der Waals surface area (Å²) in [6.45, 7) is 14.0. The first-order chi connectivity index (χ1) is 9.62. The van der Waals surface area contributed by atoms with Crippen molar-refractivity contribution in [3.05, 3.63) is 0 Å². The van der Waals surface area contributed by atoms with E-state index in [9.17, 15) is 0 Å². The van der Waals surface area contributed by atoms with Gasteiger partial charge >= 0.3 is 0 Å². The van der Waals surface area contributed by atoms with Crippen LogP contribution >= 0.6 is 0 Å². The second-order valence-corrected chi connectivity index (χ2v) is 6.68. The van der Waals surface area contributed by atoms with E-state index in [0.29, 0.717) is 6.04 Å². The molecule has 0 aromatic heterocycles. The summed E-state index contributed by atoms with van der Waals surface area (Å²) >= 11 is 0. The molecule has 0 aromatic rings. The van der Waals surface area contributed by atoms with Crippen LogP contribution in [0.5, 0.6) is 0 Å². The molecule has 120 valence electrons. The molecule has 0 unspecified atom stereocenters. The molecule has 1 aliphatic carbocycles. The van der Waals surface area contributed by atoms with Crippen LogP contribution in [0.15, 0.2) is 0 Å². The molecule has 2 rings (SSSR count). The SMILES string of the molecule is CCC.CN[C@H]1CCC[C@H](N2CCN(C(C)C)CC2)C1. The third kappa shape index (κ3) is 5.71. The average molecular weight is 284 g/mol. The second-order valence-electron chi connectivity index (χ2n) is 6.68. The average Bonchev–Trinajstić information content (AvgIpc) is 2.48. The Kier molecular flexibility index (Phi) is 8.74. The summed E-state index contributed by atoms with van der Waals surface area (Å²) in [5.74, 6) is 0. The summed E-state index contributed by atoms with van der Waals surface area (Å²) in [5.41, 5.74) is 0. The molecule has 3 heteroatoms. The van der Waals surface area contributed by atoms with Crippen molar-refractivity contribution in [2.75, 3.05) is 33.2 Å². The number of rotatable bonds is 3. The first-order valence-corrected chi connectivity index (χ1v) is 8.77. The highest BCUT2D eigenvalue weighted by molar-refractivity contribution is 4.86. The lowest BCUT2D eigenvalue weighted by molar-refractivity contribution is 0.0591. The highest BCUT2D eigenvalue weighted by Crippen LogP contribution is 2.24. The van der Waals surface area contributed by atoms with E-state index in [4.69, 9.17) is 0 Å². The predicted molar refractivity (Wildman–Crippen MR) is 89.4 cm³/mol. The quantitative estimate of drug-likeness (QED) is 0.859. The zero-order valence-electron chi connectivity index (χ0n) is 14.5. The highest BCUT2D eigenvalue weighted by Gasteiger charge is 2.28. The Morgan fingerprint density at radius 2 is 1.65 bits per heavy atom. The van der Waals surface area contributed by atoms with E-state index in [1.807, 2.05) is 0 Å². The highest BCUT2D eigenvalue weighted by atomic mass is 15.3. The van der Waals surface area contributed by atoms with Crippen LogP contribution in [0, 0.1) is 0 Å². The van der Waals surface area contributed by atoms with E-state index in [0.717, 1.165) is 12.1 Å². The topological polar surface area (TPSA) is 18.5 Å². The number of nitrogens with zero attached hydrogens (tertiary/aromatic N) is 2. The van der Waals surface area contributed by atoms with Gasteiger partial charge in [0, 0.05) is 44.3 Å². The minimum atomic E-state index is 0.716. The third-order valence-corrected chi connectivity index (χ3v) is 4.65. The number of hydrogen-bond acceptors (Lipinski definition) is 3. The summed E-state index contributed by atoms with van der Waals surface area (Å²) in [7, 11) is 2.11. The molecule has 1 saturated carbocycles. The van der Waals surface area contributed by atoms with Crippen molar-refractivity contribution >= 4 is 0 Å². The Labute approximate surface area is 127 Å². The Hall–Kier alpha value is -0.120. The van der Waals surface area contributed by atoms with Crippen LogP contribution in [0.2, 0.25) is 0 Å². The van der Waals surface area contributed by atoms with Gasteiger partial charge in [-0.1, -0.05) is 26.7 Å². The van der Waals surface area contributed by atoms with Gasteiger partial charge in [0.2, 0.25) is 0 Å². The van der Waals surface area contributed by atoms with Crippen molar-refractivity contribution in [1.29, 1.82) is 0 Å². The summed E-state index contributed by atoms with van der Waals surface area (Å²) in [6, 6.07) is 2.32. The standard InChI is InChI=1S/C14H29N3.C3H8/c1-12(2)16-7-9-17(10-8-16)14-6-4-5-13(11-14)15-3;1-3-2/h12-15H,4-11H2,1-3H3;3H2,1-2H3/t13-,14-;/m0./s1. The van der Waals surface area contributed by atoms with Gasteiger partial charge in [-0.2, -0.15) is 0 Å². The first-order valence-electron chi connectivity index (χ1n) is 8.77. The minimum Gasteiger partial charge on any atom is -0.317 e. The molecule has 1 heterocycles. The summed E-state index contributed by atoms with van der Waals surface area (Å²) in [6.07, 6.45) is 6.80. The summed E-state index contributed by atoms with van der Waals surface area (Å²) in [4.78, 5) is 5.34. The van der Waals surface area contributed by atoms with Crippen molar-refractivity contribution in [3.8, 4) is 0 Å². The molecule has 0 aromatic carbocycles. The van der Waals surface area contributed by atoms with E-state index in [2.05, 4.69) is 49.9 Å². The van der Waals surface area contributed by atoms with Gasteiger partial charge in [0.1, 0.15) is 0 Å². The fourth-order valence-electron chi connectivity index (χ4n) is 3.38. The van der Waals surface area contributed by atoms with Crippen LogP contribution in [0.4, 0.5) is 0 Å². The Bertz CT molecular complexity index is 234. The Morgan fingerprint density at radius 3 is 2.15 bits per heavy atom. The molecule has 1 saturated heterocycles. The van der Waals surface area contributed by atoms with Crippen LogP contribution in [-0.2, 0) is 0 Å². The predicted octanol–water partition coefficient (Wildman–Crippen LogP) is 2.96. The monoisotopic (exact) mass is 283 g/mol. The molecular formula is C17H37N3. The number of hydrogen-bond donors (Lipinski definition) is 1. The summed E-state index contributed by atoms with van der Waals surface area (Å²) in [5, 5.41) is 3.46. The van der Waals surface area contributed by atoms with Gasteiger partial charge in [0.25, 0.3) is 0 Å². The lowest BCUT2D eigenvalue weighted by Crippen LogP contribution is -2.54. The van der Waals surface area contributed by atoms with Gasteiger partial charge in [-0.05, 0) is 40.2 Å². The van der Waals surface area contributed by atoms with Gasteiger partial charge in [0.05, 0.1) is 0 Å². The second kappa shape index (κ2) is 9.75. The van der Waals surface area contributed by atoms with Crippen molar-refractivity contribution in [1.82, 2.24) is 15.1 Å². The van der Waals surface area contributed by atoms with E-state index in [1.54, 1.807) is 0 Å². The molecule has 20 heavy (non-hydrogen) atoms. The van der Waals surface area contributed by atoms with Crippen LogP contribution < -0.4 is 5.32 Å². The zero-order valence-corrected chi connectivity index (χ0v) is 14.5. The Balaban J connectivity index is 0.000000612. The molecule has 0 spiro atoms. The maximum atomic E-state index is 3.46. The normalized spacial score (nSPS) is 29.1. The lowest BCUT2D eigenvalue weighted by Gasteiger charge is -2.43. The van der Waals surface area contributed by atoms with Gasteiger partial charge < -0.3 is 5.32 Å². The zero-order chi connectivity index (χ0) is 15.0. The third-order valence-electron chi connectivity index (χ3n) is 4.65. The fraction of sp³-hybridized carbons (Fsp3) is 1.00. The first kappa shape index (κ1) is 17.9. The smallest absolute Gasteiger partial charge is 0.0113 e. The maximum absolute atomic E-state index is 3.46. The van der Waals surface area contributed by atoms with E-state index < -0.39 is 0 Å². The molecule has 2 atom stereocenters. The largest absolute Gasteiger partial charge is 0.317 e. The van der Waals surface area contributed by atoms with E-state index in [-0.39, 0.29) is 0 Å². The molecular weight excluding hydrogens is 246 g/mol. The van der Waals surface area contributed by atoms with Crippen molar-refractivity contribution < 1.29 is 0 Å². The molecule has 2 aliphatic rings. The Morgan fingerprint density at radius 1 is 1.05 bits per heavy atom. The van der Waals surface area contributed by atoms with Crippen molar-refractivity contribution in [3.63, 3.8) is 0 Å². The molecule has 1 aliphatic heterocycles. The van der Waals surface area contributed by atoms with Gasteiger partial charge in [-0.3, -0.25) is 9.80 Å². The fourth-order valence-corrected chi connectivity index (χ4v) is 3.38. The molecule has 0 bridgehead atoms. The van der Waals surface area contributed by atoms with Crippen LogP contribution in [0.25, 0.3) is 0 Å². The van der Waals surface area contributed by atoms with Crippen LogP contribution in [0.1, 0.15) is 59.8 Å². The van der Waals surface area contributed by atoms with Gasteiger partial charge in [-0.25, -0.2) is 0 Å². The van der Waals surface area contributed by atoms with E-state index >= 15 is 0 Å². The van der Waals surface area contributed by atoms with Crippen LogP contribution in [-0.4, -0.2) is 61.2 Å². The van der Waals surface area contributed by atoms with Crippen LogP contribution in [0.3, 0.4) is 0 Å². The van der Waals surface area contributed by atoms with E-state index in [1.165, 1.54) is 58.3 Å². The molecule has 0 amide bonds. The lowest BCUT2D eigenvalue weighted by atomic mass is 9.89. The maximum Gasteiger partial charge on any atom is 0.0113 e. The van der Waals surface area contributed by atoms with Crippen molar-refractivity contribution in [2.24, 2.45) is 0 Å². The summed E-state index contributed by atoms with van der Waals surface area (Å²) < 4.78 is 0.